The Bertz CT molecular complexity index is 472. The van der Waals surface area contributed by atoms with Gasteiger partial charge in [0.1, 0.15) is 0 Å². The van der Waals surface area contributed by atoms with Gasteiger partial charge in [-0.15, -0.1) is 0 Å². The van der Waals surface area contributed by atoms with Crippen LogP contribution in [0, 0.1) is 0 Å². The number of amides is 1. The Labute approximate surface area is 118 Å². The van der Waals surface area contributed by atoms with Crippen LogP contribution in [-0.4, -0.2) is 37.0 Å². The molecule has 1 aromatic rings. The van der Waals surface area contributed by atoms with Crippen LogP contribution in [0.1, 0.15) is 25.8 Å². The van der Waals surface area contributed by atoms with E-state index in [1.165, 1.54) is 6.21 Å². The molecule has 0 aliphatic rings. The minimum atomic E-state index is -0.684. The van der Waals surface area contributed by atoms with Crippen LogP contribution in [0.5, 0.6) is 11.5 Å². The molecule has 0 bridgehead atoms. The van der Waals surface area contributed by atoms with Crippen LogP contribution >= 0.6 is 0 Å². The number of aliphatic hydroxyl groups excluding tert-OH is 1. The number of hydrogen-bond acceptors (Lipinski definition) is 5. The average Bonchev–Trinajstić information content (AvgIpc) is 2.39. The molecular formula is C14H20N2O4. The number of aliphatic hydroxyl groups is 1. The molecule has 1 amide bonds. The zero-order chi connectivity index (χ0) is 15.0. The van der Waals surface area contributed by atoms with Crippen LogP contribution in [0.3, 0.4) is 0 Å². The SMILES string of the molecule is CCOc1ccc(/C=N/NC(=O)CC(C)O)cc1OC. The summed E-state index contributed by atoms with van der Waals surface area (Å²) in [5, 5.41) is 12.9. The zero-order valence-electron chi connectivity index (χ0n) is 11.9. The maximum atomic E-state index is 11.3. The Kier molecular flexibility index (Phi) is 6.52. The maximum absolute atomic E-state index is 11.3. The fraction of sp³-hybridized carbons (Fsp3) is 0.429. The summed E-state index contributed by atoms with van der Waals surface area (Å²) in [6, 6.07) is 5.34. The van der Waals surface area contributed by atoms with Crippen molar-refractivity contribution in [3.8, 4) is 11.5 Å². The average molecular weight is 280 g/mol. The lowest BCUT2D eigenvalue weighted by Gasteiger charge is -2.09. The van der Waals surface area contributed by atoms with Gasteiger partial charge in [-0.05, 0) is 37.6 Å². The van der Waals surface area contributed by atoms with Gasteiger partial charge in [-0.2, -0.15) is 5.10 Å². The van der Waals surface area contributed by atoms with Gasteiger partial charge in [0.05, 0.1) is 32.5 Å². The highest BCUT2D eigenvalue weighted by Crippen LogP contribution is 2.27. The number of rotatable bonds is 7. The molecule has 20 heavy (non-hydrogen) atoms. The van der Waals surface area contributed by atoms with Crippen LogP contribution in [0.25, 0.3) is 0 Å². The van der Waals surface area contributed by atoms with E-state index in [9.17, 15) is 4.79 Å². The molecule has 6 heteroatoms. The smallest absolute Gasteiger partial charge is 0.242 e. The molecule has 1 unspecified atom stereocenters. The summed E-state index contributed by atoms with van der Waals surface area (Å²) in [6.45, 7) is 3.99. The van der Waals surface area contributed by atoms with E-state index >= 15 is 0 Å². The van der Waals surface area contributed by atoms with Crippen molar-refractivity contribution < 1.29 is 19.4 Å². The van der Waals surface area contributed by atoms with Gasteiger partial charge in [0, 0.05) is 0 Å². The third kappa shape index (κ3) is 5.27. The molecular weight excluding hydrogens is 260 g/mol. The Morgan fingerprint density at radius 2 is 2.25 bits per heavy atom. The lowest BCUT2D eigenvalue weighted by atomic mass is 10.2. The van der Waals surface area contributed by atoms with E-state index in [0.717, 1.165) is 5.56 Å². The molecule has 0 saturated heterocycles. The standard InChI is InChI=1S/C14H20N2O4/c1-4-20-12-6-5-11(8-13(12)19-3)9-15-16-14(18)7-10(2)17/h5-6,8-10,17H,4,7H2,1-3H3,(H,16,18)/b15-9+. The van der Waals surface area contributed by atoms with E-state index in [4.69, 9.17) is 14.6 Å². The predicted octanol–water partition coefficient (Wildman–Crippen LogP) is 1.31. The second-order valence-electron chi connectivity index (χ2n) is 4.19. The van der Waals surface area contributed by atoms with E-state index < -0.39 is 6.10 Å². The van der Waals surface area contributed by atoms with Crippen LogP contribution < -0.4 is 14.9 Å². The van der Waals surface area contributed by atoms with Crippen LogP contribution in [0.2, 0.25) is 0 Å². The normalized spacial score (nSPS) is 12.2. The Hall–Kier alpha value is -2.08. The number of carbonyl (C=O) groups is 1. The molecule has 2 N–H and O–H groups in total. The third-order valence-electron chi connectivity index (χ3n) is 2.37. The van der Waals surface area contributed by atoms with Crippen molar-refractivity contribution >= 4 is 12.1 Å². The first-order valence-corrected chi connectivity index (χ1v) is 6.37. The first kappa shape index (κ1) is 16.0. The van der Waals surface area contributed by atoms with Gasteiger partial charge in [0.2, 0.25) is 5.91 Å². The molecule has 0 heterocycles. The third-order valence-corrected chi connectivity index (χ3v) is 2.37. The van der Waals surface area contributed by atoms with Crippen molar-refractivity contribution in [3.05, 3.63) is 23.8 Å². The quantitative estimate of drug-likeness (QED) is 0.583. The predicted molar refractivity (Wildman–Crippen MR) is 76.2 cm³/mol. The van der Waals surface area contributed by atoms with Gasteiger partial charge in [0.15, 0.2) is 11.5 Å². The lowest BCUT2D eigenvalue weighted by Crippen LogP contribution is -2.21. The fourth-order valence-corrected chi connectivity index (χ4v) is 1.53. The fourth-order valence-electron chi connectivity index (χ4n) is 1.53. The number of nitrogens with one attached hydrogen (secondary N) is 1. The molecule has 1 atom stereocenters. The van der Waals surface area contributed by atoms with Crippen LogP contribution in [0.4, 0.5) is 0 Å². The van der Waals surface area contributed by atoms with Gasteiger partial charge in [-0.1, -0.05) is 0 Å². The number of benzene rings is 1. The van der Waals surface area contributed by atoms with E-state index in [0.29, 0.717) is 18.1 Å². The summed E-state index contributed by atoms with van der Waals surface area (Å²) < 4.78 is 10.6. The highest BCUT2D eigenvalue weighted by atomic mass is 16.5. The number of nitrogens with zero attached hydrogens (tertiary/aromatic N) is 1. The van der Waals surface area contributed by atoms with Crippen molar-refractivity contribution in [2.45, 2.75) is 26.4 Å². The van der Waals surface area contributed by atoms with Crippen molar-refractivity contribution in [3.63, 3.8) is 0 Å². The maximum Gasteiger partial charge on any atom is 0.242 e. The van der Waals surface area contributed by atoms with E-state index in [-0.39, 0.29) is 12.3 Å². The molecule has 110 valence electrons. The van der Waals surface area contributed by atoms with Gasteiger partial charge >= 0.3 is 0 Å². The Balaban J connectivity index is 2.66. The van der Waals surface area contributed by atoms with Gasteiger partial charge < -0.3 is 14.6 Å². The number of methoxy groups -OCH3 is 1. The second-order valence-corrected chi connectivity index (χ2v) is 4.19. The molecule has 0 radical (unpaired) electrons. The lowest BCUT2D eigenvalue weighted by molar-refractivity contribution is -0.122. The molecule has 1 aromatic carbocycles. The topological polar surface area (TPSA) is 80.2 Å². The second kappa shape index (κ2) is 8.16. The Morgan fingerprint density at radius 1 is 1.50 bits per heavy atom. The summed E-state index contributed by atoms with van der Waals surface area (Å²) in [5.74, 6) is 0.922. The molecule has 1 rings (SSSR count). The molecule has 0 saturated carbocycles. The van der Waals surface area contributed by atoms with Crippen molar-refractivity contribution in [2.75, 3.05) is 13.7 Å². The molecule has 0 fully saturated rings. The van der Waals surface area contributed by atoms with Crippen molar-refractivity contribution in [1.29, 1.82) is 0 Å². The molecule has 0 spiro atoms. The molecule has 6 nitrogen and oxygen atoms in total. The van der Waals surface area contributed by atoms with Crippen molar-refractivity contribution in [2.24, 2.45) is 5.10 Å². The van der Waals surface area contributed by atoms with E-state index in [2.05, 4.69) is 10.5 Å². The molecule has 0 aliphatic carbocycles. The van der Waals surface area contributed by atoms with E-state index in [1.807, 2.05) is 6.92 Å². The minimum absolute atomic E-state index is 0.0178. The van der Waals surface area contributed by atoms with Crippen LogP contribution in [0.15, 0.2) is 23.3 Å². The number of hydrogen-bond donors (Lipinski definition) is 2. The molecule has 0 aromatic heterocycles. The van der Waals surface area contributed by atoms with E-state index in [1.54, 1.807) is 32.2 Å². The summed E-state index contributed by atoms with van der Waals surface area (Å²) in [4.78, 5) is 11.3. The highest BCUT2D eigenvalue weighted by molar-refractivity contribution is 5.83. The summed E-state index contributed by atoms with van der Waals surface area (Å²) in [5.41, 5.74) is 3.10. The largest absolute Gasteiger partial charge is 0.493 e. The van der Waals surface area contributed by atoms with Crippen LogP contribution in [-0.2, 0) is 4.79 Å². The number of hydrazone groups is 1. The minimum Gasteiger partial charge on any atom is -0.493 e. The first-order chi connectivity index (χ1) is 9.56. The summed E-state index contributed by atoms with van der Waals surface area (Å²) >= 11 is 0. The van der Waals surface area contributed by atoms with Gasteiger partial charge in [0.25, 0.3) is 0 Å². The van der Waals surface area contributed by atoms with Gasteiger partial charge in [-0.25, -0.2) is 5.43 Å². The zero-order valence-corrected chi connectivity index (χ0v) is 11.9. The monoisotopic (exact) mass is 280 g/mol. The molecule has 0 aliphatic heterocycles. The van der Waals surface area contributed by atoms with Crippen molar-refractivity contribution in [1.82, 2.24) is 5.43 Å². The number of carbonyl (C=O) groups excluding carboxylic acids is 1. The highest BCUT2D eigenvalue weighted by Gasteiger charge is 2.05. The Morgan fingerprint density at radius 3 is 2.85 bits per heavy atom. The number of ether oxygens (including phenoxy) is 2. The van der Waals surface area contributed by atoms with Gasteiger partial charge in [-0.3, -0.25) is 4.79 Å². The summed E-state index contributed by atoms with van der Waals surface area (Å²) in [7, 11) is 1.56. The summed E-state index contributed by atoms with van der Waals surface area (Å²) in [6.07, 6.45) is 0.832. The first-order valence-electron chi connectivity index (χ1n) is 6.37.